The zero-order valence-electron chi connectivity index (χ0n) is 9.98. The number of carbonyl (C=O) groups excluding carboxylic acids is 1. The SMILES string of the molecule is COc1coc(C(=O)Nc2cccc(F)c2)cc1=O. The van der Waals surface area contributed by atoms with Gasteiger partial charge in [0.2, 0.25) is 11.2 Å². The average Bonchev–Trinajstić information content (AvgIpc) is 2.38. The second-order valence-corrected chi connectivity index (χ2v) is 3.64. The van der Waals surface area contributed by atoms with E-state index < -0.39 is 17.2 Å². The monoisotopic (exact) mass is 263 g/mol. The van der Waals surface area contributed by atoms with E-state index in [-0.39, 0.29) is 17.2 Å². The molecule has 1 heterocycles. The first-order chi connectivity index (χ1) is 9.10. The average molecular weight is 263 g/mol. The van der Waals surface area contributed by atoms with Crippen molar-refractivity contribution in [2.24, 2.45) is 0 Å². The van der Waals surface area contributed by atoms with E-state index in [4.69, 9.17) is 9.15 Å². The Bertz CT molecular complexity index is 666. The number of hydrogen-bond donors (Lipinski definition) is 1. The molecule has 19 heavy (non-hydrogen) atoms. The fourth-order valence-corrected chi connectivity index (χ4v) is 1.43. The molecule has 0 saturated carbocycles. The molecule has 5 nitrogen and oxygen atoms in total. The molecule has 2 aromatic rings. The van der Waals surface area contributed by atoms with Crippen molar-refractivity contribution in [2.75, 3.05) is 12.4 Å². The predicted molar refractivity (Wildman–Crippen MR) is 65.9 cm³/mol. The van der Waals surface area contributed by atoms with Crippen LogP contribution in [0.2, 0.25) is 0 Å². The van der Waals surface area contributed by atoms with E-state index in [2.05, 4.69) is 5.32 Å². The van der Waals surface area contributed by atoms with Gasteiger partial charge in [-0.1, -0.05) is 6.07 Å². The Morgan fingerprint density at radius 3 is 2.79 bits per heavy atom. The highest BCUT2D eigenvalue weighted by atomic mass is 19.1. The van der Waals surface area contributed by atoms with Gasteiger partial charge in [0.05, 0.1) is 7.11 Å². The second-order valence-electron chi connectivity index (χ2n) is 3.64. The Morgan fingerprint density at radius 1 is 1.37 bits per heavy atom. The minimum Gasteiger partial charge on any atom is -0.490 e. The fourth-order valence-electron chi connectivity index (χ4n) is 1.43. The Balaban J connectivity index is 2.21. The number of methoxy groups -OCH3 is 1. The van der Waals surface area contributed by atoms with Crippen LogP contribution in [0.5, 0.6) is 5.75 Å². The van der Waals surface area contributed by atoms with Crippen molar-refractivity contribution in [1.29, 1.82) is 0 Å². The van der Waals surface area contributed by atoms with Gasteiger partial charge < -0.3 is 14.5 Å². The molecular formula is C13H10FNO4. The summed E-state index contributed by atoms with van der Waals surface area (Å²) in [7, 11) is 1.32. The predicted octanol–water partition coefficient (Wildman–Crippen LogP) is 2.04. The van der Waals surface area contributed by atoms with Crippen molar-refractivity contribution in [3.63, 3.8) is 0 Å². The topological polar surface area (TPSA) is 68.5 Å². The van der Waals surface area contributed by atoms with Crippen LogP contribution in [0.1, 0.15) is 10.6 Å². The first-order valence-electron chi connectivity index (χ1n) is 5.34. The number of halogens is 1. The smallest absolute Gasteiger partial charge is 0.291 e. The molecule has 0 fully saturated rings. The molecule has 6 heteroatoms. The molecule has 0 atom stereocenters. The number of rotatable bonds is 3. The van der Waals surface area contributed by atoms with Crippen LogP contribution in [0, 0.1) is 5.82 Å². The molecule has 0 aliphatic heterocycles. The maximum atomic E-state index is 12.9. The number of amides is 1. The van der Waals surface area contributed by atoms with Crippen LogP contribution in [-0.2, 0) is 0 Å². The Morgan fingerprint density at radius 2 is 2.16 bits per heavy atom. The molecule has 1 aromatic carbocycles. The summed E-state index contributed by atoms with van der Waals surface area (Å²) in [4.78, 5) is 23.2. The molecule has 1 N–H and O–H groups in total. The first kappa shape index (κ1) is 12.8. The summed E-state index contributed by atoms with van der Waals surface area (Å²) in [5.74, 6) is -1.31. The van der Waals surface area contributed by atoms with Gasteiger partial charge in [-0.15, -0.1) is 0 Å². The molecule has 0 spiro atoms. The van der Waals surface area contributed by atoms with E-state index in [1.807, 2.05) is 0 Å². The summed E-state index contributed by atoms with van der Waals surface area (Å²) in [6, 6.07) is 6.38. The van der Waals surface area contributed by atoms with Gasteiger partial charge in [0.1, 0.15) is 12.1 Å². The largest absolute Gasteiger partial charge is 0.490 e. The molecule has 98 valence electrons. The number of ether oxygens (including phenoxy) is 1. The van der Waals surface area contributed by atoms with Gasteiger partial charge >= 0.3 is 0 Å². The van der Waals surface area contributed by atoms with Crippen molar-refractivity contribution in [1.82, 2.24) is 0 Å². The number of nitrogens with one attached hydrogen (secondary N) is 1. The van der Waals surface area contributed by atoms with Crippen LogP contribution in [-0.4, -0.2) is 13.0 Å². The molecule has 2 rings (SSSR count). The van der Waals surface area contributed by atoms with E-state index in [0.29, 0.717) is 0 Å². The molecule has 0 aliphatic carbocycles. The van der Waals surface area contributed by atoms with Gasteiger partial charge in [-0.2, -0.15) is 0 Å². The highest BCUT2D eigenvalue weighted by Crippen LogP contribution is 2.11. The number of anilines is 1. The van der Waals surface area contributed by atoms with Crippen molar-refractivity contribution in [3.8, 4) is 5.75 Å². The number of hydrogen-bond acceptors (Lipinski definition) is 4. The molecule has 1 amide bonds. The van der Waals surface area contributed by atoms with Crippen molar-refractivity contribution in [2.45, 2.75) is 0 Å². The Kier molecular flexibility index (Phi) is 3.61. The summed E-state index contributed by atoms with van der Waals surface area (Å²) in [5.41, 5.74) is -0.207. The molecule has 0 radical (unpaired) electrons. The molecule has 0 saturated heterocycles. The molecule has 0 bridgehead atoms. The second kappa shape index (κ2) is 5.34. The number of carbonyl (C=O) groups is 1. The minimum atomic E-state index is -0.648. The lowest BCUT2D eigenvalue weighted by molar-refractivity contribution is 0.0993. The van der Waals surface area contributed by atoms with Crippen LogP contribution in [0.25, 0.3) is 0 Å². The summed E-state index contributed by atoms with van der Waals surface area (Å²) >= 11 is 0. The molecule has 0 aliphatic rings. The zero-order chi connectivity index (χ0) is 13.8. The maximum Gasteiger partial charge on any atom is 0.291 e. The normalized spacial score (nSPS) is 10.0. The van der Waals surface area contributed by atoms with Crippen LogP contribution in [0.15, 0.2) is 45.8 Å². The van der Waals surface area contributed by atoms with Crippen molar-refractivity contribution < 1.29 is 18.3 Å². The molecular weight excluding hydrogens is 253 g/mol. The van der Waals surface area contributed by atoms with Gasteiger partial charge in [0.15, 0.2) is 5.76 Å². The van der Waals surface area contributed by atoms with Gasteiger partial charge in [-0.05, 0) is 18.2 Å². The highest BCUT2D eigenvalue weighted by Gasteiger charge is 2.12. The zero-order valence-corrected chi connectivity index (χ0v) is 9.98. The lowest BCUT2D eigenvalue weighted by atomic mass is 10.3. The third-order valence-corrected chi connectivity index (χ3v) is 2.32. The van der Waals surface area contributed by atoms with Gasteiger partial charge in [-0.3, -0.25) is 9.59 Å². The standard InChI is InChI=1S/C13H10FNO4/c1-18-12-7-19-11(6-10(12)16)13(17)15-9-4-2-3-8(14)5-9/h2-7H,1H3,(H,15,17). The van der Waals surface area contributed by atoms with Crippen LogP contribution >= 0.6 is 0 Å². The van der Waals surface area contributed by atoms with E-state index in [1.54, 1.807) is 0 Å². The van der Waals surface area contributed by atoms with Gasteiger partial charge in [-0.25, -0.2) is 4.39 Å². The lowest BCUT2D eigenvalue weighted by Crippen LogP contribution is -2.15. The third-order valence-electron chi connectivity index (χ3n) is 2.32. The summed E-state index contributed by atoms with van der Waals surface area (Å²) in [6.45, 7) is 0. The van der Waals surface area contributed by atoms with Crippen molar-refractivity contribution >= 4 is 11.6 Å². The first-order valence-corrected chi connectivity index (χ1v) is 5.34. The van der Waals surface area contributed by atoms with E-state index in [1.165, 1.54) is 25.3 Å². The Hall–Kier alpha value is -2.63. The highest BCUT2D eigenvalue weighted by molar-refractivity contribution is 6.02. The van der Waals surface area contributed by atoms with E-state index in [9.17, 15) is 14.0 Å². The molecule has 0 unspecified atom stereocenters. The maximum absolute atomic E-state index is 12.9. The molecule has 1 aromatic heterocycles. The van der Waals surface area contributed by atoms with Crippen LogP contribution < -0.4 is 15.5 Å². The summed E-state index contributed by atoms with van der Waals surface area (Å²) < 4.78 is 22.6. The van der Waals surface area contributed by atoms with Crippen molar-refractivity contribution in [3.05, 3.63) is 58.4 Å². The third kappa shape index (κ3) is 2.98. The van der Waals surface area contributed by atoms with E-state index >= 15 is 0 Å². The van der Waals surface area contributed by atoms with Gasteiger partial charge in [0.25, 0.3) is 5.91 Å². The fraction of sp³-hybridized carbons (Fsp3) is 0.0769. The number of benzene rings is 1. The quantitative estimate of drug-likeness (QED) is 0.920. The summed E-state index contributed by atoms with van der Waals surface area (Å²) in [6.07, 6.45) is 1.04. The van der Waals surface area contributed by atoms with Gasteiger partial charge in [0, 0.05) is 11.8 Å². The van der Waals surface area contributed by atoms with Crippen LogP contribution in [0.4, 0.5) is 10.1 Å². The van der Waals surface area contributed by atoms with E-state index in [0.717, 1.165) is 18.4 Å². The lowest BCUT2D eigenvalue weighted by Gasteiger charge is -2.04. The Labute approximate surface area is 107 Å². The van der Waals surface area contributed by atoms with Crippen LogP contribution in [0.3, 0.4) is 0 Å². The minimum absolute atomic E-state index is 0.00213. The summed E-state index contributed by atoms with van der Waals surface area (Å²) in [5, 5.41) is 2.41.